The number of nitrogens with two attached hydrogens (primary N) is 1. The van der Waals surface area contributed by atoms with Crippen molar-refractivity contribution in [2.24, 2.45) is 0 Å². The van der Waals surface area contributed by atoms with E-state index in [0.29, 0.717) is 0 Å². The van der Waals surface area contributed by atoms with Crippen molar-refractivity contribution in [3.05, 3.63) is 59.7 Å². The molecule has 0 unspecified atom stereocenters. The Kier molecular flexibility index (Phi) is 5.56. The molecule has 3 rings (SSSR count). The minimum Gasteiger partial charge on any atom is -0.484 e. The van der Waals surface area contributed by atoms with Gasteiger partial charge in [-0.2, -0.15) is 0 Å². The molecule has 0 atom stereocenters. The predicted molar refractivity (Wildman–Crippen MR) is 99.4 cm³/mol. The van der Waals surface area contributed by atoms with Crippen LogP contribution in [0.15, 0.2) is 48.5 Å². The highest BCUT2D eigenvalue weighted by Gasteiger charge is 2.21. The van der Waals surface area contributed by atoms with E-state index in [-0.39, 0.29) is 12.5 Å². The predicted octanol–water partition coefficient (Wildman–Crippen LogP) is 2.30. The Balaban J connectivity index is 1.43. The summed E-state index contributed by atoms with van der Waals surface area (Å²) in [5.74, 6) is 0.781. The second-order valence-corrected chi connectivity index (χ2v) is 6.50. The lowest BCUT2D eigenvalue weighted by Gasteiger charge is -2.34. The molecule has 0 bridgehead atoms. The Morgan fingerprint density at radius 3 is 2.48 bits per heavy atom. The van der Waals surface area contributed by atoms with E-state index < -0.39 is 0 Å². The first-order chi connectivity index (χ1) is 12.1. The quantitative estimate of drug-likeness (QED) is 0.849. The summed E-state index contributed by atoms with van der Waals surface area (Å²) in [6.45, 7) is 6.19. The molecule has 1 aliphatic heterocycles. The Morgan fingerprint density at radius 2 is 1.80 bits per heavy atom. The smallest absolute Gasteiger partial charge is 0.260 e. The topological polar surface area (TPSA) is 58.8 Å². The first kappa shape index (κ1) is 17.3. The average molecular weight is 339 g/mol. The van der Waals surface area contributed by atoms with Gasteiger partial charge in [-0.1, -0.05) is 29.8 Å². The van der Waals surface area contributed by atoms with Crippen LogP contribution in [-0.2, 0) is 11.3 Å². The van der Waals surface area contributed by atoms with Crippen LogP contribution in [0.25, 0.3) is 0 Å². The summed E-state index contributed by atoms with van der Waals surface area (Å²) in [7, 11) is 0. The molecule has 0 aromatic heterocycles. The summed E-state index contributed by atoms with van der Waals surface area (Å²) < 4.78 is 5.59. The van der Waals surface area contributed by atoms with E-state index in [1.54, 1.807) is 0 Å². The monoisotopic (exact) mass is 339 g/mol. The zero-order valence-corrected chi connectivity index (χ0v) is 14.6. The third-order valence-electron chi connectivity index (χ3n) is 4.47. The number of nitrogen functional groups attached to an aromatic ring is 1. The van der Waals surface area contributed by atoms with Gasteiger partial charge in [-0.25, -0.2) is 0 Å². The fourth-order valence-electron chi connectivity index (χ4n) is 2.98. The van der Waals surface area contributed by atoms with E-state index in [9.17, 15) is 4.79 Å². The molecule has 5 heteroatoms. The third-order valence-corrected chi connectivity index (χ3v) is 4.47. The number of benzene rings is 2. The van der Waals surface area contributed by atoms with Gasteiger partial charge in [0.1, 0.15) is 5.75 Å². The summed E-state index contributed by atoms with van der Waals surface area (Å²) in [4.78, 5) is 16.5. The van der Waals surface area contributed by atoms with Crippen molar-refractivity contribution in [3.8, 4) is 5.75 Å². The minimum absolute atomic E-state index is 0.0455. The van der Waals surface area contributed by atoms with Gasteiger partial charge in [-0.05, 0) is 36.8 Å². The lowest BCUT2D eigenvalue weighted by Crippen LogP contribution is -2.49. The zero-order valence-electron chi connectivity index (χ0n) is 14.6. The molecule has 0 aliphatic carbocycles. The van der Waals surface area contributed by atoms with Gasteiger partial charge in [0, 0.05) is 38.4 Å². The third kappa shape index (κ3) is 4.97. The van der Waals surface area contributed by atoms with Crippen LogP contribution in [0.1, 0.15) is 11.1 Å². The van der Waals surface area contributed by atoms with Gasteiger partial charge in [0.15, 0.2) is 6.61 Å². The molecule has 1 saturated heterocycles. The van der Waals surface area contributed by atoms with Crippen LogP contribution in [0.5, 0.6) is 5.75 Å². The highest BCUT2D eigenvalue weighted by atomic mass is 16.5. The maximum absolute atomic E-state index is 12.3. The van der Waals surface area contributed by atoms with E-state index in [1.807, 2.05) is 54.3 Å². The van der Waals surface area contributed by atoms with Gasteiger partial charge in [-0.15, -0.1) is 0 Å². The van der Waals surface area contributed by atoms with E-state index in [2.05, 4.69) is 11.0 Å². The van der Waals surface area contributed by atoms with Crippen molar-refractivity contribution in [2.75, 3.05) is 38.5 Å². The molecule has 0 radical (unpaired) electrons. The van der Waals surface area contributed by atoms with E-state index >= 15 is 0 Å². The van der Waals surface area contributed by atoms with Gasteiger partial charge >= 0.3 is 0 Å². The molecule has 1 aliphatic rings. The number of piperazine rings is 1. The number of hydrogen-bond donors (Lipinski definition) is 1. The van der Waals surface area contributed by atoms with Gasteiger partial charge < -0.3 is 15.4 Å². The maximum atomic E-state index is 12.3. The lowest BCUT2D eigenvalue weighted by molar-refractivity contribution is -0.135. The molecule has 132 valence electrons. The van der Waals surface area contributed by atoms with Crippen LogP contribution in [-0.4, -0.2) is 48.5 Å². The molecule has 2 N–H and O–H groups in total. The molecule has 25 heavy (non-hydrogen) atoms. The Morgan fingerprint density at radius 1 is 1.08 bits per heavy atom. The molecule has 0 spiro atoms. The molecule has 1 fully saturated rings. The molecular formula is C20H25N3O2. The number of hydrogen-bond acceptors (Lipinski definition) is 4. The number of nitrogens with zero attached hydrogens (tertiary/aromatic N) is 2. The lowest BCUT2D eigenvalue weighted by atomic mass is 10.2. The second kappa shape index (κ2) is 8.03. The molecular weight excluding hydrogens is 314 g/mol. The number of amides is 1. The van der Waals surface area contributed by atoms with Crippen LogP contribution in [0.2, 0.25) is 0 Å². The normalized spacial score (nSPS) is 15.2. The first-order valence-electron chi connectivity index (χ1n) is 8.64. The molecule has 2 aromatic carbocycles. The maximum Gasteiger partial charge on any atom is 0.260 e. The Hall–Kier alpha value is -2.53. The zero-order chi connectivity index (χ0) is 17.6. The van der Waals surface area contributed by atoms with Gasteiger partial charge in [-0.3, -0.25) is 9.69 Å². The number of ether oxygens (including phenoxy) is 1. The fourth-order valence-corrected chi connectivity index (χ4v) is 2.98. The van der Waals surface area contributed by atoms with Crippen LogP contribution in [0.3, 0.4) is 0 Å². The van der Waals surface area contributed by atoms with Crippen LogP contribution in [0, 0.1) is 6.92 Å². The van der Waals surface area contributed by atoms with Crippen LogP contribution < -0.4 is 10.5 Å². The van der Waals surface area contributed by atoms with Gasteiger partial charge in [0.2, 0.25) is 0 Å². The summed E-state index contributed by atoms with van der Waals surface area (Å²) in [5, 5.41) is 0. The van der Waals surface area contributed by atoms with E-state index in [4.69, 9.17) is 10.5 Å². The van der Waals surface area contributed by atoms with E-state index in [0.717, 1.165) is 44.2 Å². The van der Waals surface area contributed by atoms with Crippen molar-refractivity contribution in [2.45, 2.75) is 13.5 Å². The Labute approximate surface area is 149 Å². The van der Waals surface area contributed by atoms with Gasteiger partial charge in [0.25, 0.3) is 5.91 Å². The molecule has 2 aromatic rings. The molecule has 1 amide bonds. The largest absolute Gasteiger partial charge is 0.484 e. The van der Waals surface area contributed by atoms with E-state index in [1.165, 1.54) is 11.1 Å². The van der Waals surface area contributed by atoms with Crippen molar-refractivity contribution < 1.29 is 9.53 Å². The summed E-state index contributed by atoms with van der Waals surface area (Å²) in [6.07, 6.45) is 0. The first-order valence-corrected chi connectivity index (χ1v) is 8.64. The summed E-state index contributed by atoms with van der Waals surface area (Å²) >= 11 is 0. The van der Waals surface area contributed by atoms with Crippen molar-refractivity contribution in [1.82, 2.24) is 9.80 Å². The average Bonchev–Trinajstić information content (AvgIpc) is 2.62. The molecule has 5 nitrogen and oxygen atoms in total. The highest BCUT2D eigenvalue weighted by molar-refractivity contribution is 5.77. The summed E-state index contributed by atoms with van der Waals surface area (Å²) in [5.41, 5.74) is 9.01. The van der Waals surface area contributed by atoms with Gasteiger partial charge in [0.05, 0.1) is 0 Å². The number of carbonyl (C=O) groups is 1. The summed E-state index contributed by atoms with van der Waals surface area (Å²) in [6, 6.07) is 15.7. The number of anilines is 1. The Bertz CT molecular complexity index is 707. The van der Waals surface area contributed by atoms with Crippen molar-refractivity contribution in [3.63, 3.8) is 0 Å². The highest BCUT2D eigenvalue weighted by Crippen LogP contribution is 2.13. The van der Waals surface area contributed by atoms with Crippen molar-refractivity contribution >= 4 is 11.6 Å². The standard InChI is InChI=1S/C20H25N3O2/c1-16-5-7-19(8-6-16)25-15-20(24)23-11-9-22(10-12-23)14-17-3-2-4-18(21)13-17/h2-8,13H,9-12,14-15,21H2,1H3. The van der Waals surface area contributed by atoms with Crippen molar-refractivity contribution in [1.29, 1.82) is 0 Å². The second-order valence-electron chi connectivity index (χ2n) is 6.50. The van der Waals surface area contributed by atoms with Crippen LogP contribution >= 0.6 is 0 Å². The number of rotatable bonds is 5. The minimum atomic E-state index is 0.0455. The van der Waals surface area contributed by atoms with Crippen LogP contribution in [0.4, 0.5) is 5.69 Å². The molecule has 0 saturated carbocycles. The number of carbonyl (C=O) groups excluding carboxylic acids is 1. The number of aryl methyl sites for hydroxylation is 1. The molecule has 1 heterocycles. The fraction of sp³-hybridized carbons (Fsp3) is 0.350. The SMILES string of the molecule is Cc1ccc(OCC(=O)N2CCN(Cc3cccc(N)c3)CC2)cc1.